The lowest BCUT2D eigenvalue weighted by Crippen LogP contribution is -2.39. The number of benzene rings is 2. The van der Waals surface area contributed by atoms with E-state index in [-0.39, 0.29) is 18.0 Å². The Morgan fingerprint density at radius 3 is 2.29 bits per heavy atom. The molecule has 0 aliphatic heterocycles. The Labute approximate surface area is 138 Å². The van der Waals surface area contributed by atoms with Gasteiger partial charge in [-0.1, -0.05) is 36.4 Å². The Balaban J connectivity index is 1.43. The molecule has 6 heteroatoms. The third-order valence-electron chi connectivity index (χ3n) is 3.72. The third-order valence-corrected chi connectivity index (χ3v) is 3.72. The topological polar surface area (TPSA) is 27.7 Å². The van der Waals surface area contributed by atoms with Crippen LogP contribution in [0.1, 0.15) is 18.4 Å². The molecule has 24 heavy (non-hydrogen) atoms. The van der Waals surface area contributed by atoms with Crippen LogP contribution in [0.2, 0.25) is 0 Å². The first kappa shape index (κ1) is 16.6. The fourth-order valence-electron chi connectivity index (χ4n) is 2.48. The van der Waals surface area contributed by atoms with Crippen molar-refractivity contribution >= 4 is 0 Å². The van der Waals surface area contributed by atoms with Crippen molar-refractivity contribution in [3.05, 3.63) is 60.2 Å². The van der Waals surface area contributed by atoms with Crippen LogP contribution in [0.15, 0.2) is 54.6 Å². The molecular formula is C18H17F3O3. The van der Waals surface area contributed by atoms with Gasteiger partial charge in [-0.2, -0.15) is 0 Å². The van der Waals surface area contributed by atoms with E-state index in [1.54, 1.807) is 6.07 Å². The molecule has 0 bridgehead atoms. The number of hydrogen-bond donors (Lipinski definition) is 0. The van der Waals surface area contributed by atoms with Crippen molar-refractivity contribution in [1.82, 2.24) is 0 Å². The molecule has 0 heterocycles. The molecule has 0 amide bonds. The lowest BCUT2D eigenvalue weighted by Gasteiger charge is -2.35. The van der Waals surface area contributed by atoms with Gasteiger partial charge in [0.25, 0.3) is 0 Å². The van der Waals surface area contributed by atoms with Gasteiger partial charge in [0.2, 0.25) is 0 Å². The van der Waals surface area contributed by atoms with Crippen molar-refractivity contribution < 1.29 is 27.4 Å². The number of rotatable bonds is 6. The molecule has 0 N–H and O–H groups in total. The van der Waals surface area contributed by atoms with Gasteiger partial charge in [0, 0.05) is 18.9 Å². The minimum Gasteiger partial charge on any atom is -0.490 e. The monoisotopic (exact) mass is 338 g/mol. The van der Waals surface area contributed by atoms with E-state index in [1.165, 1.54) is 18.2 Å². The summed E-state index contributed by atoms with van der Waals surface area (Å²) in [4.78, 5) is 0. The van der Waals surface area contributed by atoms with E-state index in [0.717, 1.165) is 18.4 Å². The number of alkyl halides is 3. The molecule has 0 radical (unpaired) electrons. The second-order valence-electron chi connectivity index (χ2n) is 5.65. The highest BCUT2D eigenvalue weighted by Crippen LogP contribution is 2.31. The van der Waals surface area contributed by atoms with Crippen molar-refractivity contribution in [2.75, 3.05) is 0 Å². The zero-order valence-electron chi connectivity index (χ0n) is 12.8. The van der Waals surface area contributed by atoms with Crippen LogP contribution in [0.3, 0.4) is 0 Å². The average molecular weight is 338 g/mol. The SMILES string of the molecule is FC(F)(F)Oc1cccc(O[C@H]2C[C@@H](OCc3ccccc3)C2)c1. The maximum atomic E-state index is 12.2. The smallest absolute Gasteiger partial charge is 0.490 e. The molecule has 0 saturated heterocycles. The lowest BCUT2D eigenvalue weighted by atomic mass is 9.92. The zero-order chi connectivity index (χ0) is 17.0. The Morgan fingerprint density at radius 1 is 0.875 bits per heavy atom. The van der Waals surface area contributed by atoms with Crippen LogP contribution in [0.25, 0.3) is 0 Å². The van der Waals surface area contributed by atoms with Gasteiger partial charge in [-0.3, -0.25) is 0 Å². The largest absolute Gasteiger partial charge is 0.573 e. The van der Waals surface area contributed by atoms with Gasteiger partial charge in [-0.25, -0.2) is 0 Å². The summed E-state index contributed by atoms with van der Waals surface area (Å²) in [7, 11) is 0. The van der Waals surface area contributed by atoms with Crippen LogP contribution >= 0.6 is 0 Å². The van der Waals surface area contributed by atoms with Crippen molar-refractivity contribution in [3.63, 3.8) is 0 Å². The van der Waals surface area contributed by atoms with E-state index >= 15 is 0 Å². The van der Waals surface area contributed by atoms with Crippen LogP contribution in [-0.4, -0.2) is 18.6 Å². The van der Waals surface area contributed by atoms with E-state index in [1.807, 2.05) is 30.3 Å². The van der Waals surface area contributed by atoms with Crippen LogP contribution in [0.5, 0.6) is 11.5 Å². The van der Waals surface area contributed by atoms with Crippen molar-refractivity contribution in [3.8, 4) is 11.5 Å². The molecule has 0 atom stereocenters. The average Bonchev–Trinajstić information content (AvgIpc) is 2.49. The third kappa shape index (κ3) is 4.89. The summed E-state index contributed by atoms with van der Waals surface area (Å²) in [6.45, 7) is 0.549. The highest BCUT2D eigenvalue weighted by atomic mass is 19.4. The van der Waals surface area contributed by atoms with Crippen molar-refractivity contribution in [1.29, 1.82) is 0 Å². The van der Waals surface area contributed by atoms with Gasteiger partial charge in [-0.05, 0) is 17.7 Å². The summed E-state index contributed by atoms with van der Waals surface area (Å²) >= 11 is 0. The summed E-state index contributed by atoms with van der Waals surface area (Å²) < 4.78 is 51.9. The summed E-state index contributed by atoms with van der Waals surface area (Å²) in [6.07, 6.45) is -3.20. The summed E-state index contributed by atoms with van der Waals surface area (Å²) in [6, 6.07) is 15.4. The normalized spacial score (nSPS) is 20.3. The van der Waals surface area contributed by atoms with Crippen LogP contribution in [0, 0.1) is 0 Å². The Bertz CT molecular complexity index is 652. The Morgan fingerprint density at radius 2 is 1.58 bits per heavy atom. The maximum Gasteiger partial charge on any atom is 0.573 e. The predicted molar refractivity (Wildman–Crippen MR) is 81.8 cm³/mol. The number of ether oxygens (including phenoxy) is 3. The minimum absolute atomic E-state index is 0.0492. The van der Waals surface area contributed by atoms with Gasteiger partial charge in [0.1, 0.15) is 17.6 Å². The molecule has 1 aliphatic carbocycles. The highest BCUT2D eigenvalue weighted by molar-refractivity contribution is 5.33. The van der Waals surface area contributed by atoms with Crippen molar-refractivity contribution in [2.24, 2.45) is 0 Å². The molecule has 1 saturated carbocycles. The van der Waals surface area contributed by atoms with E-state index in [4.69, 9.17) is 9.47 Å². The molecule has 2 aromatic carbocycles. The van der Waals surface area contributed by atoms with Gasteiger partial charge in [-0.15, -0.1) is 13.2 Å². The second-order valence-corrected chi connectivity index (χ2v) is 5.65. The molecule has 1 fully saturated rings. The van der Waals surface area contributed by atoms with Crippen molar-refractivity contribution in [2.45, 2.75) is 38.0 Å². The summed E-state index contributed by atoms with van der Waals surface area (Å²) in [5, 5.41) is 0. The molecule has 0 spiro atoms. The fourth-order valence-corrected chi connectivity index (χ4v) is 2.48. The first-order valence-corrected chi connectivity index (χ1v) is 7.66. The molecule has 0 aromatic heterocycles. The number of hydrogen-bond acceptors (Lipinski definition) is 3. The van der Waals surface area contributed by atoms with Gasteiger partial charge >= 0.3 is 6.36 Å². The molecule has 2 aromatic rings. The first-order chi connectivity index (χ1) is 11.5. The maximum absolute atomic E-state index is 12.2. The Kier molecular flexibility index (Phi) is 4.94. The number of halogens is 3. The Hall–Kier alpha value is -2.21. The first-order valence-electron chi connectivity index (χ1n) is 7.66. The quantitative estimate of drug-likeness (QED) is 0.763. The molecular weight excluding hydrogens is 321 g/mol. The molecule has 128 valence electrons. The molecule has 1 aliphatic rings. The van der Waals surface area contributed by atoms with E-state index < -0.39 is 6.36 Å². The molecule has 3 rings (SSSR count). The van der Waals surface area contributed by atoms with Gasteiger partial charge in [0.05, 0.1) is 12.7 Å². The van der Waals surface area contributed by atoms with E-state index in [9.17, 15) is 13.2 Å². The lowest BCUT2D eigenvalue weighted by molar-refractivity contribution is -0.274. The molecule has 3 nitrogen and oxygen atoms in total. The second kappa shape index (κ2) is 7.13. The molecule has 0 unspecified atom stereocenters. The van der Waals surface area contributed by atoms with E-state index in [2.05, 4.69) is 4.74 Å². The van der Waals surface area contributed by atoms with Crippen LogP contribution in [-0.2, 0) is 11.3 Å². The highest BCUT2D eigenvalue weighted by Gasteiger charge is 2.33. The zero-order valence-corrected chi connectivity index (χ0v) is 12.8. The standard InChI is InChI=1S/C18H17F3O3/c19-18(20,21)24-15-8-4-7-14(9-15)23-17-10-16(11-17)22-12-13-5-2-1-3-6-13/h1-9,16-17H,10-12H2/t16-,17+. The fraction of sp³-hybridized carbons (Fsp3) is 0.333. The van der Waals surface area contributed by atoms with Crippen LogP contribution in [0.4, 0.5) is 13.2 Å². The predicted octanol–water partition coefficient (Wildman–Crippen LogP) is 4.71. The van der Waals surface area contributed by atoms with Crippen LogP contribution < -0.4 is 9.47 Å². The van der Waals surface area contributed by atoms with Gasteiger partial charge in [0.15, 0.2) is 0 Å². The van der Waals surface area contributed by atoms with Gasteiger partial charge < -0.3 is 14.2 Å². The summed E-state index contributed by atoms with van der Waals surface area (Å²) in [5.74, 6) is 0.0828. The minimum atomic E-state index is -4.70. The summed E-state index contributed by atoms with van der Waals surface area (Å²) in [5.41, 5.74) is 1.11. The van der Waals surface area contributed by atoms with E-state index in [0.29, 0.717) is 12.4 Å².